The van der Waals surface area contributed by atoms with Gasteiger partial charge in [0.1, 0.15) is 17.3 Å². The van der Waals surface area contributed by atoms with Crippen LogP contribution in [0.1, 0.15) is 44.5 Å². The number of fused-ring (bicyclic) bond motifs is 1. The summed E-state index contributed by atoms with van der Waals surface area (Å²) in [6, 6.07) is 6.43. The number of aromatic nitrogens is 2. The largest absolute Gasteiger partial charge is 0.453 e. The third kappa shape index (κ3) is 5.39. The standard InChI is InChI=1S/C30H37F2N3O5S/c1-18-7-8-35-24(14-21-15-34(9-10-40-21)28(36)38-6)27(33-25(35)11-18)26-22(31)12-20(13-23(26)32)30(16-39-17-30)19(2)41(37)29(3,4)5/h7-8,11-13,19,21H,9-10,14-17H2,1-6H3. The fourth-order valence-corrected chi connectivity index (χ4v) is 7.47. The van der Waals surface area contributed by atoms with Crippen molar-refractivity contribution in [2.24, 2.45) is 0 Å². The highest BCUT2D eigenvalue weighted by Crippen LogP contribution is 2.42. The zero-order chi connectivity index (χ0) is 29.7. The van der Waals surface area contributed by atoms with Gasteiger partial charge in [-0.1, -0.05) is 0 Å². The first-order chi connectivity index (χ1) is 19.4. The first-order valence-corrected chi connectivity index (χ1v) is 15.0. The van der Waals surface area contributed by atoms with Crippen LogP contribution < -0.4 is 0 Å². The molecule has 3 atom stereocenters. The lowest BCUT2D eigenvalue weighted by atomic mass is 9.75. The van der Waals surface area contributed by atoms with Crippen LogP contribution in [0.3, 0.4) is 0 Å². The van der Waals surface area contributed by atoms with Crippen molar-refractivity contribution in [1.29, 1.82) is 0 Å². The summed E-state index contributed by atoms with van der Waals surface area (Å²) in [6.07, 6.45) is 1.23. The highest BCUT2D eigenvalue weighted by atomic mass is 32.2. The number of morpholine rings is 1. The number of rotatable bonds is 6. The molecule has 3 aromatic rings. The van der Waals surface area contributed by atoms with E-state index in [-0.39, 0.29) is 42.7 Å². The topological polar surface area (TPSA) is 82.4 Å². The molecule has 2 saturated heterocycles. The van der Waals surface area contributed by atoms with Crippen LogP contribution in [-0.4, -0.2) is 80.7 Å². The summed E-state index contributed by atoms with van der Waals surface area (Å²) in [5.74, 6) is -1.50. The molecule has 2 aromatic heterocycles. The molecule has 0 N–H and O–H groups in total. The van der Waals surface area contributed by atoms with Gasteiger partial charge in [0.2, 0.25) is 0 Å². The van der Waals surface area contributed by atoms with Crippen molar-refractivity contribution in [2.75, 3.05) is 40.0 Å². The third-order valence-corrected chi connectivity index (χ3v) is 10.4. The van der Waals surface area contributed by atoms with Gasteiger partial charge in [-0.2, -0.15) is 0 Å². The van der Waals surface area contributed by atoms with Crippen molar-refractivity contribution in [3.05, 3.63) is 58.9 Å². The molecule has 41 heavy (non-hydrogen) atoms. The molecule has 2 aliphatic heterocycles. The molecule has 0 saturated carbocycles. The molecule has 2 fully saturated rings. The normalized spacial score (nSPS) is 20.5. The average molecular weight is 590 g/mol. The van der Waals surface area contributed by atoms with Gasteiger partial charge in [0.25, 0.3) is 0 Å². The smallest absolute Gasteiger partial charge is 0.409 e. The summed E-state index contributed by atoms with van der Waals surface area (Å²) >= 11 is 0. The summed E-state index contributed by atoms with van der Waals surface area (Å²) in [5.41, 5.74) is 1.70. The van der Waals surface area contributed by atoms with Crippen LogP contribution in [0.4, 0.5) is 13.6 Å². The predicted molar refractivity (Wildman–Crippen MR) is 153 cm³/mol. The summed E-state index contributed by atoms with van der Waals surface area (Å²) < 4.78 is 63.1. The van der Waals surface area contributed by atoms with E-state index in [1.807, 2.05) is 57.3 Å². The molecule has 1 amide bonds. The van der Waals surface area contributed by atoms with Crippen molar-refractivity contribution in [3.63, 3.8) is 0 Å². The van der Waals surface area contributed by atoms with E-state index in [0.29, 0.717) is 30.1 Å². The number of pyridine rings is 1. The summed E-state index contributed by atoms with van der Waals surface area (Å²) in [6.45, 7) is 10.9. The highest BCUT2D eigenvalue weighted by Gasteiger charge is 2.50. The Labute approximate surface area is 241 Å². The van der Waals surface area contributed by atoms with Gasteiger partial charge >= 0.3 is 6.09 Å². The van der Waals surface area contributed by atoms with Gasteiger partial charge in [0.05, 0.1) is 61.9 Å². The van der Waals surface area contributed by atoms with Gasteiger partial charge in [-0.3, -0.25) is 4.21 Å². The molecule has 222 valence electrons. The highest BCUT2D eigenvalue weighted by molar-refractivity contribution is 7.87. The number of methoxy groups -OCH3 is 1. The van der Waals surface area contributed by atoms with E-state index in [1.165, 1.54) is 19.2 Å². The van der Waals surface area contributed by atoms with E-state index >= 15 is 8.78 Å². The number of carbonyl (C=O) groups excluding carboxylic acids is 1. The van der Waals surface area contributed by atoms with E-state index < -0.39 is 44.8 Å². The van der Waals surface area contributed by atoms with E-state index in [0.717, 1.165) is 5.56 Å². The molecule has 0 spiro atoms. The molecule has 0 bridgehead atoms. The number of carbonyl (C=O) groups is 1. The summed E-state index contributed by atoms with van der Waals surface area (Å²) in [4.78, 5) is 18.4. The van der Waals surface area contributed by atoms with Crippen LogP contribution in [0.5, 0.6) is 0 Å². The molecule has 0 radical (unpaired) electrons. The second-order valence-corrected chi connectivity index (χ2v) is 14.5. The maximum absolute atomic E-state index is 16.1. The number of halogens is 2. The van der Waals surface area contributed by atoms with E-state index in [1.54, 1.807) is 4.90 Å². The number of ether oxygens (including phenoxy) is 3. The second-order valence-electron chi connectivity index (χ2n) is 12.0. The number of benzene rings is 1. The quantitative estimate of drug-likeness (QED) is 0.411. The Hall–Kier alpha value is -2.89. The van der Waals surface area contributed by atoms with Crippen molar-refractivity contribution >= 4 is 22.5 Å². The zero-order valence-corrected chi connectivity index (χ0v) is 25.1. The van der Waals surface area contributed by atoms with Gasteiger partial charge in [-0.15, -0.1) is 0 Å². The van der Waals surface area contributed by atoms with Gasteiger partial charge < -0.3 is 23.5 Å². The summed E-state index contributed by atoms with van der Waals surface area (Å²) in [7, 11) is 0.0530. The number of hydrogen-bond acceptors (Lipinski definition) is 6. The Morgan fingerprint density at radius 2 is 1.93 bits per heavy atom. The molecule has 2 aliphatic rings. The maximum atomic E-state index is 16.1. The number of imidazole rings is 1. The third-order valence-electron chi connectivity index (χ3n) is 8.15. The fraction of sp³-hybridized carbons (Fsp3) is 0.533. The Bertz CT molecular complexity index is 1470. The molecule has 3 unspecified atom stereocenters. The second kappa shape index (κ2) is 11.1. The lowest BCUT2D eigenvalue weighted by Gasteiger charge is -2.47. The molecule has 5 rings (SSSR count). The van der Waals surface area contributed by atoms with Crippen molar-refractivity contribution in [2.45, 2.75) is 62.6 Å². The lowest BCUT2D eigenvalue weighted by Crippen LogP contribution is -2.57. The minimum Gasteiger partial charge on any atom is -0.453 e. The molecular weight excluding hydrogens is 552 g/mol. The monoisotopic (exact) mass is 589 g/mol. The molecule has 8 nitrogen and oxygen atoms in total. The van der Waals surface area contributed by atoms with Gasteiger partial charge in [-0.25, -0.2) is 18.6 Å². The van der Waals surface area contributed by atoms with Gasteiger partial charge in [0, 0.05) is 40.0 Å². The van der Waals surface area contributed by atoms with E-state index in [9.17, 15) is 9.00 Å². The van der Waals surface area contributed by atoms with Crippen molar-refractivity contribution in [1.82, 2.24) is 14.3 Å². The Morgan fingerprint density at radius 3 is 2.51 bits per heavy atom. The van der Waals surface area contributed by atoms with Crippen LogP contribution in [0.25, 0.3) is 16.9 Å². The summed E-state index contributed by atoms with van der Waals surface area (Å²) in [5, 5.41) is -0.379. The minimum absolute atomic E-state index is 0.182. The van der Waals surface area contributed by atoms with Crippen LogP contribution in [-0.2, 0) is 36.8 Å². The van der Waals surface area contributed by atoms with Crippen molar-refractivity contribution < 1.29 is 32.0 Å². The van der Waals surface area contributed by atoms with E-state index in [4.69, 9.17) is 14.2 Å². The average Bonchev–Trinajstić information content (AvgIpc) is 3.22. The lowest BCUT2D eigenvalue weighted by molar-refractivity contribution is -0.0598. The number of nitrogens with zero attached hydrogens (tertiary/aromatic N) is 3. The maximum Gasteiger partial charge on any atom is 0.409 e. The number of amides is 1. The minimum atomic E-state index is -1.27. The predicted octanol–water partition coefficient (Wildman–Crippen LogP) is 4.80. The van der Waals surface area contributed by atoms with Gasteiger partial charge in [-0.05, 0) is 70.0 Å². The molecule has 11 heteroatoms. The van der Waals surface area contributed by atoms with Gasteiger partial charge in [0.15, 0.2) is 0 Å². The van der Waals surface area contributed by atoms with Crippen LogP contribution in [0.2, 0.25) is 0 Å². The van der Waals surface area contributed by atoms with Crippen LogP contribution in [0.15, 0.2) is 30.5 Å². The first-order valence-electron chi connectivity index (χ1n) is 13.8. The first kappa shape index (κ1) is 29.6. The molecule has 4 heterocycles. The van der Waals surface area contributed by atoms with Crippen LogP contribution in [0, 0.1) is 18.6 Å². The van der Waals surface area contributed by atoms with Crippen molar-refractivity contribution in [3.8, 4) is 11.3 Å². The fourth-order valence-electron chi connectivity index (χ4n) is 5.73. The molecule has 1 aromatic carbocycles. The molecular formula is C30H37F2N3O5S. The Kier molecular flexibility index (Phi) is 7.99. The molecule has 0 aliphatic carbocycles. The number of aryl methyl sites for hydroxylation is 1. The zero-order valence-electron chi connectivity index (χ0n) is 24.3. The Morgan fingerprint density at radius 1 is 1.24 bits per heavy atom. The van der Waals surface area contributed by atoms with Crippen LogP contribution >= 0.6 is 0 Å². The SMILES string of the molecule is COC(=O)N1CCOC(Cc2c(-c3c(F)cc(C4(C(C)S(=O)C(C)(C)C)COC4)cc3F)nc3cc(C)ccn23)C1. The Balaban J connectivity index is 1.56. The van der Waals surface area contributed by atoms with E-state index in [2.05, 4.69) is 4.98 Å². The number of hydrogen-bond donors (Lipinski definition) is 0.